The van der Waals surface area contributed by atoms with Crippen LogP contribution in [0.2, 0.25) is 0 Å². The van der Waals surface area contributed by atoms with Gasteiger partial charge in [-0.1, -0.05) is 11.3 Å². The average Bonchev–Trinajstić information content (AvgIpc) is 3.25. The van der Waals surface area contributed by atoms with E-state index in [1.807, 2.05) is 22.9 Å². The molecule has 1 aromatic heterocycles. The zero-order chi connectivity index (χ0) is 21.6. The van der Waals surface area contributed by atoms with E-state index >= 15 is 0 Å². The lowest BCUT2D eigenvalue weighted by Gasteiger charge is -2.33. The number of hydrogen-bond acceptors (Lipinski definition) is 8. The smallest absolute Gasteiger partial charge is 0.269 e. The summed E-state index contributed by atoms with van der Waals surface area (Å²) in [5.41, 5.74) is 0.469. The standard InChI is InChI=1S/C21H26N4O4S2/c26-20(16-3-5-18(6-4-16)25(27)28)24-9-1-2-17(13-24)23-21-22-12-19(31-21)30-14-15-7-10-29-11-8-15/h3-6,12,15,17H,1-2,7-11,13-14H2,(H,22,23). The van der Waals surface area contributed by atoms with Gasteiger partial charge in [-0.3, -0.25) is 14.9 Å². The van der Waals surface area contributed by atoms with Crippen LogP contribution in [0.1, 0.15) is 36.0 Å². The first-order valence-electron chi connectivity index (χ1n) is 10.5. The molecule has 1 aromatic carbocycles. The van der Waals surface area contributed by atoms with Crippen molar-refractivity contribution in [1.29, 1.82) is 0 Å². The van der Waals surface area contributed by atoms with Crippen LogP contribution in [0, 0.1) is 16.0 Å². The quantitative estimate of drug-likeness (QED) is 0.372. The normalized spacial score (nSPS) is 19.9. The Morgan fingerprint density at radius 1 is 1.29 bits per heavy atom. The second-order valence-corrected chi connectivity index (χ2v) is 10.2. The molecule has 2 aromatic rings. The first-order valence-corrected chi connectivity index (χ1v) is 12.4. The number of nitro groups is 1. The van der Waals surface area contributed by atoms with Crippen molar-refractivity contribution in [2.75, 3.05) is 37.4 Å². The van der Waals surface area contributed by atoms with E-state index in [0.717, 1.165) is 55.7 Å². The largest absolute Gasteiger partial charge is 0.381 e. The summed E-state index contributed by atoms with van der Waals surface area (Å²) in [7, 11) is 0. The van der Waals surface area contributed by atoms with Crippen molar-refractivity contribution in [3.05, 3.63) is 46.1 Å². The van der Waals surface area contributed by atoms with Gasteiger partial charge in [0.2, 0.25) is 0 Å². The van der Waals surface area contributed by atoms with Gasteiger partial charge in [-0.25, -0.2) is 4.98 Å². The lowest BCUT2D eigenvalue weighted by atomic mass is 10.0. The highest BCUT2D eigenvalue weighted by atomic mass is 32.2. The van der Waals surface area contributed by atoms with Crippen LogP contribution in [0.3, 0.4) is 0 Å². The minimum absolute atomic E-state index is 0.0102. The number of carbonyl (C=O) groups excluding carboxylic acids is 1. The van der Waals surface area contributed by atoms with Crippen LogP contribution >= 0.6 is 23.1 Å². The van der Waals surface area contributed by atoms with Crippen LogP contribution in [0.4, 0.5) is 10.8 Å². The molecule has 1 atom stereocenters. The lowest BCUT2D eigenvalue weighted by Crippen LogP contribution is -2.45. The van der Waals surface area contributed by atoms with Gasteiger partial charge in [0.05, 0.1) is 15.3 Å². The number of non-ortho nitro benzene ring substituents is 1. The monoisotopic (exact) mass is 462 g/mol. The summed E-state index contributed by atoms with van der Waals surface area (Å²) in [4.78, 5) is 29.5. The molecule has 0 saturated carbocycles. The van der Waals surface area contributed by atoms with Crippen LogP contribution in [0.25, 0.3) is 0 Å². The Morgan fingerprint density at radius 3 is 2.81 bits per heavy atom. The van der Waals surface area contributed by atoms with E-state index in [0.29, 0.717) is 18.7 Å². The van der Waals surface area contributed by atoms with Gasteiger partial charge in [-0.2, -0.15) is 0 Å². The topological polar surface area (TPSA) is 97.6 Å². The Bertz CT molecular complexity index is 899. The molecule has 2 fully saturated rings. The number of hydrogen-bond donors (Lipinski definition) is 1. The summed E-state index contributed by atoms with van der Waals surface area (Å²) in [5.74, 6) is 1.73. The average molecular weight is 463 g/mol. The molecule has 2 aliphatic heterocycles. The number of carbonyl (C=O) groups is 1. The van der Waals surface area contributed by atoms with Crippen molar-refractivity contribution in [2.45, 2.75) is 35.9 Å². The molecule has 0 bridgehead atoms. The highest BCUT2D eigenvalue weighted by molar-refractivity contribution is 8.01. The number of ether oxygens (including phenoxy) is 1. The highest BCUT2D eigenvalue weighted by Gasteiger charge is 2.25. The van der Waals surface area contributed by atoms with Crippen molar-refractivity contribution in [1.82, 2.24) is 9.88 Å². The summed E-state index contributed by atoms with van der Waals surface area (Å²) in [6.45, 7) is 3.03. The van der Waals surface area contributed by atoms with Gasteiger partial charge in [-0.15, -0.1) is 11.8 Å². The third-order valence-electron chi connectivity index (χ3n) is 5.65. The van der Waals surface area contributed by atoms with Crippen LogP contribution in [0.15, 0.2) is 34.7 Å². The number of likely N-dealkylation sites (tertiary alicyclic amines) is 1. The number of rotatable bonds is 7. The number of thiazole rings is 1. The number of amides is 1. The third kappa shape index (κ3) is 5.96. The molecule has 31 heavy (non-hydrogen) atoms. The molecule has 8 nitrogen and oxygen atoms in total. The van der Waals surface area contributed by atoms with E-state index in [9.17, 15) is 14.9 Å². The Hall–Kier alpha value is -2.17. The maximum absolute atomic E-state index is 12.8. The predicted octanol–water partition coefficient (Wildman–Crippen LogP) is 4.29. The number of aromatic nitrogens is 1. The molecular formula is C21H26N4O4S2. The fourth-order valence-electron chi connectivity index (χ4n) is 3.87. The van der Waals surface area contributed by atoms with Crippen LogP contribution < -0.4 is 5.32 Å². The second-order valence-electron chi connectivity index (χ2n) is 7.89. The molecule has 1 N–H and O–H groups in total. The molecule has 0 spiro atoms. The second kappa shape index (κ2) is 10.4. The molecule has 166 valence electrons. The van der Waals surface area contributed by atoms with Gasteiger partial charge in [0.15, 0.2) is 5.13 Å². The lowest BCUT2D eigenvalue weighted by molar-refractivity contribution is -0.384. The number of piperidine rings is 1. The third-order valence-corrected chi connectivity index (χ3v) is 8.00. The maximum Gasteiger partial charge on any atom is 0.269 e. The highest BCUT2D eigenvalue weighted by Crippen LogP contribution is 2.32. The predicted molar refractivity (Wildman–Crippen MR) is 122 cm³/mol. The number of nitrogens with one attached hydrogen (secondary N) is 1. The number of anilines is 1. The van der Waals surface area contributed by atoms with Crippen LogP contribution in [-0.4, -0.2) is 58.8 Å². The van der Waals surface area contributed by atoms with E-state index in [2.05, 4.69) is 10.3 Å². The van der Waals surface area contributed by atoms with Gasteiger partial charge in [-0.05, 0) is 43.7 Å². The molecule has 0 aliphatic carbocycles. The zero-order valence-corrected chi connectivity index (χ0v) is 18.8. The van der Waals surface area contributed by atoms with Crippen molar-refractivity contribution in [3.8, 4) is 0 Å². The summed E-state index contributed by atoms with van der Waals surface area (Å²) in [6.07, 6.45) is 6.09. The fourth-order valence-corrected chi connectivity index (χ4v) is 6.03. The van der Waals surface area contributed by atoms with Gasteiger partial charge in [0.25, 0.3) is 11.6 Å². The summed E-state index contributed by atoms with van der Waals surface area (Å²) < 4.78 is 6.64. The molecule has 0 radical (unpaired) electrons. The van der Waals surface area contributed by atoms with Gasteiger partial charge < -0.3 is 15.0 Å². The zero-order valence-electron chi connectivity index (χ0n) is 17.2. The summed E-state index contributed by atoms with van der Waals surface area (Å²) in [5, 5.41) is 15.2. The Labute approximate surface area is 189 Å². The minimum Gasteiger partial charge on any atom is -0.381 e. The molecular weight excluding hydrogens is 436 g/mol. The molecule has 3 heterocycles. The summed E-state index contributed by atoms with van der Waals surface area (Å²) >= 11 is 3.53. The van der Waals surface area contributed by atoms with E-state index in [4.69, 9.17) is 4.74 Å². The van der Waals surface area contributed by atoms with Crippen molar-refractivity contribution in [2.24, 2.45) is 5.92 Å². The number of nitro benzene ring substituents is 1. The number of nitrogens with zero attached hydrogens (tertiary/aromatic N) is 3. The molecule has 4 rings (SSSR count). The van der Waals surface area contributed by atoms with E-state index in [1.54, 1.807) is 11.3 Å². The minimum atomic E-state index is -0.459. The maximum atomic E-state index is 12.8. The Kier molecular flexibility index (Phi) is 7.41. The van der Waals surface area contributed by atoms with Crippen molar-refractivity contribution < 1.29 is 14.5 Å². The number of benzene rings is 1. The Balaban J connectivity index is 1.29. The SMILES string of the molecule is O=C(c1ccc([N+](=O)[O-])cc1)N1CCCC(Nc2ncc(SCC3CCOCC3)s2)C1. The van der Waals surface area contributed by atoms with E-state index in [1.165, 1.54) is 28.5 Å². The van der Waals surface area contributed by atoms with Crippen LogP contribution in [-0.2, 0) is 4.74 Å². The Morgan fingerprint density at radius 2 is 2.06 bits per heavy atom. The van der Waals surface area contributed by atoms with Crippen molar-refractivity contribution >= 4 is 39.8 Å². The molecule has 10 heteroatoms. The first kappa shape index (κ1) is 22.0. The first-order chi connectivity index (χ1) is 15.1. The van der Waals surface area contributed by atoms with Gasteiger partial charge >= 0.3 is 0 Å². The summed E-state index contributed by atoms with van der Waals surface area (Å²) in [6, 6.07) is 5.96. The van der Waals surface area contributed by atoms with Crippen molar-refractivity contribution in [3.63, 3.8) is 0 Å². The van der Waals surface area contributed by atoms with E-state index < -0.39 is 4.92 Å². The number of thioether (sulfide) groups is 1. The van der Waals surface area contributed by atoms with E-state index in [-0.39, 0.29) is 17.6 Å². The van der Waals surface area contributed by atoms with Gasteiger partial charge in [0.1, 0.15) is 0 Å². The van der Waals surface area contributed by atoms with Crippen LogP contribution in [0.5, 0.6) is 0 Å². The molecule has 2 aliphatic rings. The fraction of sp³-hybridized carbons (Fsp3) is 0.524. The molecule has 1 unspecified atom stereocenters. The van der Waals surface area contributed by atoms with Gasteiger partial charge in [0, 0.05) is 55.8 Å². The molecule has 2 saturated heterocycles. The molecule has 1 amide bonds.